The normalized spacial score (nSPS) is 24.1. The Balaban J connectivity index is 2.44. The first kappa shape index (κ1) is 15.8. The zero-order valence-electron chi connectivity index (χ0n) is 12.4. The fraction of sp³-hybridized carbons (Fsp3) is 0.667. The lowest BCUT2D eigenvalue weighted by molar-refractivity contribution is -0.123. The molecule has 1 saturated heterocycles. The second kappa shape index (κ2) is 5.30. The molecular weight excluding hydrogens is 294 g/mol. The van der Waals surface area contributed by atoms with Crippen LogP contribution in [0.3, 0.4) is 0 Å². The van der Waals surface area contributed by atoms with Gasteiger partial charge >= 0.3 is 0 Å². The van der Waals surface area contributed by atoms with Gasteiger partial charge in [-0.05, 0) is 26.7 Å². The Morgan fingerprint density at radius 2 is 2.00 bits per heavy atom. The molecule has 4 N–H and O–H groups in total. The van der Waals surface area contributed by atoms with Crippen LogP contribution >= 0.6 is 0 Å². The predicted octanol–water partition coefficient (Wildman–Crippen LogP) is -0.415. The van der Waals surface area contributed by atoms with Gasteiger partial charge in [-0.1, -0.05) is 0 Å². The van der Waals surface area contributed by atoms with Crippen molar-refractivity contribution in [2.24, 2.45) is 18.7 Å². The van der Waals surface area contributed by atoms with Gasteiger partial charge in [0.25, 0.3) is 0 Å². The van der Waals surface area contributed by atoms with E-state index in [9.17, 15) is 13.2 Å². The molecule has 0 aromatic carbocycles. The van der Waals surface area contributed by atoms with Gasteiger partial charge < -0.3 is 11.5 Å². The van der Waals surface area contributed by atoms with Gasteiger partial charge in [-0.3, -0.25) is 9.48 Å². The summed E-state index contributed by atoms with van der Waals surface area (Å²) in [5, 5.41) is 3.95. The van der Waals surface area contributed by atoms with E-state index in [0.29, 0.717) is 18.5 Å². The Labute approximate surface area is 124 Å². The molecule has 8 nitrogen and oxygen atoms in total. The number of sulfonamides is 1. The molecule has 21 heavy (non-hydrogen) atoms. The average Bonchev–Trinajstić information content (AvgIpc) is 2.63. The Hall–Kier alpha value is -1.61. The molecular formula is C12H21N5O3S. The van der Waals surface area contributed by atoms with Gasteiger partial charge in [0, 0.05) is 19.6 Å². The maximum Gasteiger partial charge on any atom is 0.248 e. The van der Waals surface area contributed by atoms with Crippen LogP contribution in [0, 0.1) is 12.8 Å². The van der Waals surface area contributed by atoms with Gasteiger partial charge in [-0.25, -0.2) is 8.42 Å². The van der Waals surface area contributed by atoms with E-state index in [0.717, 1.165) is 0 Å². The van der Waals surface area contributed by atoms with E-state index in [4.69, 9.17) is 11.5 Å². The zero-order chi connectivity index (χ0) is 15.9. The number of nitrogens with two attached hydrogens (primary N) is 2. The van der Waals surface area contributed by atoms with Crippen LogP contribution in [0.4, 0.5) is 5.82 Å². The summed E-state index contributed by atoms with van der Waals surface area (Å²) in [6, 6.07) is -0.204. The number of carbonyl (C=O) groups excluding carboxylic acids is 1. The summed E-state index contributed by atoms with van der Waals surface area (Å²) in [7, 11) is -2.17. The van der Waals surface area contributed by atoms with Crippen LogP contribution in [0.2, 0.25) is 0 Å². The van der Waals surface area contributed by atoms with E-state index in [2.05, 4.69) is 5.10 Å². The molecule has 0 saturated carbocycles. The van der Waals surface area contributed by atoms with Crippen LogP contribution in [-0.4, -0.2) is 41.0 Å². The highest BCUT2D eigenvalue weighted by atomic mass is 32.2. The SMILES string of the molecule is Cc1c(S(=O)(=O)N2CC(C(N)=O)CCC2C)c(N)nn1C. The lowest BCUT2D eigenvalue weighted by Crippen LogP contribution is -2.48. The summed E-state index contributed by atoms with van der Waals surface area (Å²) in [5.41, 5.74) is 11.5. The number of rotatable bonds is 3. The van der Waals surface area contributed by atoms with Crippen LogP contribution < -0.4 is 11.5 Å². The summed E-state index contributed by atoms with van der Waals surface area (Å²) in [6.07, 6.45) is 1.19. The molecule has 2 atom stereocenters. The summed E-state index contributed by atoms with van der Waals surface area (Å²) in [4.78, 5) is 11.4. The molecule has 0 spiro atoms. The molecule has 2 heterocycles. The maximum atomic E-state index is 12.9. The van der Waals surface area contributed by atoms with Crippen LogP contribution in [0.5, 0.6) is 0 Å². The molecule has 1 aromatic heterocycles. The summed E-state index contributed by atoms with van der Waals surface area (Å²) in [5.74, 6) is -0.962. The van der Waals surface area contributed by atoms with Gasteiger partial charge in [-0.15, -0.1) is 0 Å². The largest absolute Gasteiger partial charge is 0.381 e. The third-order valence-corrected chi connectivity index (χ3v) is 6.25. The number of aromatic nitrogens is 2. The average molecular weight is 315 g/mol. The van der Waals surface area contributed by atoms with Crippen molar-refractivity contribution >= 4 is 21.7 Å². The molecule has 0 aliphatic carbocycles. The second-order valence-corrected chi connectivity index (χ2v) is 7.35. The number of amides is 1. The van der Waals surface area contributed by atoms with E-state index in [1.807, 2.05) is 6.92 Å². The molecule has 1 fully saturated rings. The van der Waals surface area contributed by atoms with Crippen molar-refractivity contribution in [2.75, 3.05) is 12.3 Å². The Morgan fingerprint density at radius 3 is 2.48 bits per heavy atom. The van der Waals surface area contributed by atoms with Crippen LogP contribution in [-0.2, 0) is 21.9 Å². The minimum Gasteiger partial charge on any atom is -0.381 e. The first-order chi connectivity index (χ1) is 9.66. The van der Waals surface area contributed by atoms with E-state index in [1.54, 1.807) is 14.0 Å². The van der Waals surface area contributed by atoms with Crippen LogP contribution in [0.25, 0.3) is 0 Å². The zero-order valence-corrected chi connectivity index (χ0v) is 13.2. The first-order valence-corrected chi connectivity index (χ1v) is 8.20. The number of carbonyl (C=O) groups is 1. The molecule has 1 aliphatic heterocycles. The lowest BCUT2D eigenvalue weighted by atomic mass is 9.95. The van der Waals surface area contributed by atoms with E-state index < -0.39 is 21.8 Å². The summed E-state index contributed by atoms with van der Waals surface area (Å²) >= 11 is 0. The molecule has 118 valence electrons. The van der Waals surface area contributed by atoms with Gasteiger partial charge in [0.1, 0.15) is 4.90 Å². The molecule has 1 aliphatic rings. The maximum absolute atomic E-state index is 12.9. The number of aryl methyl sites for hydroxylation is 1. The standard InChI is InChI=1S/C12H21N5O3S/c1-7-4-5-9(12(14)18)6-17(7)21(19,20)10-8(2)16(3)15-11(10)13/h7,9H,4-6H2,1-3H3,(H2,13,15)(H2,14,18). The van der Waals surface area contributed by atoms with Gasteiger partial charge in [0.05, 0.1) is 11.6 Å². The van der Waals surface area contributed by atoms with E-state index in [-0.39, 0.29) is 23.3 Å². The fourth-order valence-electron chi connectivity index (χ4n) is 2.69. The number of hydrogen-bond donors (Lipinski definition) is 2. The minimum atomic E-state index is -3.80. The Morgan fingerprint density at radius 1 is 1.38 bits per heavy atom. The van der Waals surface area contributed by atoms with Gasteiger partial charge in [0.15, 0.2) is 5.82 Å². The molecule has 2 unspecified atom stereocenters. The van der Waals surface area contributed by atoms with Gasteiger partial charge in [0.2, 0.25) is 15.9 Å². The lowest BCUT2D eigenvalue weighted by Gasteiger charge is -2.35. The topological polar surface area (TPSA) is 124 Å². The third kappa shape index (κ3) is 2.62. The number of anilines is 1. The highest BCUT2D eigenvalue weighted by Gasteiger charge is 2.39. The van der Waals surface area contributed by atoms with Crippen LogP contribution in [0.15, 0.2) is 4.90 Å². The molecule has 2 rings (SSSR count). The third-order valence-electron chi connectivity index (χ3n) is 4.10. The number of nitrogens with zero attached hydrogens (tertiary/aromatic N) is 3. The Bertz CT molecular complexity index is 667. The predicted molar refractivity (Wildman–Crippen MR) is 77.6 cm³/mol. The number of primary amides is 1. The smallest absolute Gasteiger partial charge is 0.248 e. The summed E-state index contributed by atoms with van der Waals surface area (Å²) in [6.45, 7) is 3.56. The fourth-order valence-corrected chi connectivity index (χ4v) is 4.69. The number of piperidine rings is 1. The van der Waals surface area contributed by atoms with Crippen molar-refractivity contribution in [3.05, 3.63) is 5.69 Å². The molecule has 0 bridgehead atoms. The number of hydrogen-bond acceptors (Lipinski definition) is 5. The van der Waals surface area contributed by atoms with Crippen molar-refractivity contribution in [3.8, 4) is 0 Å². The van der Waals surface area contributed by atoms with E-state index >= 15 is 0 Å². The minimum absolute atomic E-state index is 0.0157. The van der Waals surface area contributed by atoms with Crippen molar-refractivity contribution in [3.63, 3.8) is 0 Å². The number of nitrogen functional groups attached to an aromatic ring is 1. The van der Waals surface area contributed by atoms with Crippen molar-refractivity contribution < 1.29 is 13.2 Å². The van der Waals surface area contributed by atoms with Crippen molar-refractivity contribution in [2.45, 2.75) is 37.6 Å². The quantitative estimate of drug-likeness (QED) is 0.784. The van der Waals surface area contributed by atoms with Gasteiger partial charge in [-0.2, -0.15) is 9.40 Å². The van der Waals surface area contributed by atoms with Crippen molar-refractivity contribution in [1.82, 2.24) is 14.1 Å². The van der Waals surface area contributed by atoms with E-state index in [1.165, 1.54) is 8.99 Å². The van der Waals surface area contributed by atoms with Crippen LogP contribution in [0.1, 0.15) is 25.5 Å². The monoisotopic (exact) mass is 315 g/mol. The molecule has 9 heteroatoms. The van der Waals surface area contributed by atoms with Crippen molar-refractivity contribution in [1.29, 1.82) is 0 Å². The second-order valence-electron chi connectivity index (χ2n) is 5.52. The summed E-state index contributed by atoms with van der Waals surface area (Å²) < 4.78 is 28.5. The Kier molecular flexibility index (Phi) is 3.98. The molecule has 1 amide bonds. The molecule has 1 aromatic rings. The highest BCUT2D eigenvalue weighted by Crippen LogP contribution is 2.31. The molecule has 0 radical (unpaired) electrons. The first-order valence-electron chi connectivity index (χ1n) is 6.76. The highest BCUT2D eigenvalue weighted by molar-refractivity contribution is 7.89.